The molecule has 0 saturated heterocycles. The molecule has 0 bridgehead atoms. The van der Waals surface area contributed by atoms with Crippen LogP contribution in [0.3, 0.4) is 0 Å². The first-order valence-corrected chi connectivity index (χ1v) is 7.37. The number of hydrogen-bond acceptors (Lipinski definition) is 1. The molecule has 1 heterocycles. The number of rotatable bonds is 3. The Labute approximate surface area is 111 Å². The predicted molar refractivity (Wildman–Crippen MR) is 72.8 cm³/mol. The summed E-state index contributed by atoms with van der Waals surface area (Å²) in [5.74, 6) is 0. The van der Waals surface area contributed by atoms with Gasteiger partial charge in [0.15, 0.2) is 0 Å². The van der Waals surface area contributed by atoms with E-state index < -0.39 is 0 Å². The normalized spacial score (nSPS) is 14.4. The Hall–Kier alpha value is 0.950. The minimum Gasteiger partial charge on any atom is -0.130 e. The van der Waals surface area contributed by atoms with Crippen molar-refractivity contribution < 1.29 is 0 Å². The molecule has 1 aromatic rings. The molecule has 0 radical (unpaired) electrons. The Bertz CT molecular complexity index is 300. The second-order valence-electron chi connectivity index (χ2n) is 3.98. The Kier molecular flexibility index (Phi) is 4.51. The summed E-state index contributed by atoms with van der Waals surface area (Å²) in [4.78, 5) is 1.66. The quantitative estimate of drug-likeness (QED) is 0.577. The third kappa shape index (κ3) is 2.75. The molecule has 1 aromatic heterocycles. The first-order valence-electron chi connectivity index (χ1n) is 4.47. The molecule has 0 aliphatic heterocycles. The minimum absolute atomic E-state index is 0.258. The highest BCUT2D eigenvalue weighted by molar-refractivity contribution is 9.11. The standard InChI is InChI=1S/C10H13Br2ClS/c1-4-10(2,3)8(11)7-5-6(13)9(12)14-7/h5,8H,4H2,1-3H3. The van der Waals surface area contributed by atoms with Crippen LogP contribution in [0.5, 0.6) is 0 Å². The Morgan fingerprint density at radius 3 is 2.50 bits per heavy atom. The lowest BCUT2D eigenvalue weighted by atomic mass is 9.86. The zero-order chi connectivity index (χ0) is 10.9. The van der Waals surface area contributed by atoms with Crippen molar-refractivity contribution in [1.29, 1.82) is 0 Å². The fraction of sp³-hybridized carbons (Fsp3) is 0.600. The van der Waals surface area contributed by atoms with Crippen molar-refractivity contribution in [2.45, 2.75) is 32.0 Å². The fourth-order valence-electron chi connectivity index (χ4n) is 1.05. The lowest BCUT2D eigenvalue weighted by Crippen LogP contribution is -2.15. The van der Waals surface area contributed by atoms with Crippen LogP contribution in [0.15, 0.2) is 9.85 Å². The topological polar surface area (TPSA) is 0 Å². The van der Waals surface area contributed by atoms with Crippen LogP contribution in [0.25, 0.3) is 0 Å². The van der Waals surface area contributed by atoms with Crippen LogP contribution in [0, 0.1) is 5.41 Å². The molecule has 0 fully saturated rings. The van der Waals surface area contributed by atoms with Gasteiger partial charge in [0.1, 0.15) is 0 Å². The molecule has 0 amide bonds. The van der Waals surface area contributed by atoms with E-state index in [0.717, 1.165) is 15.2 Å². The summed E-state index contributed by atoms with van der Waals surface area (Å²) < 4.78 is 1.02. The maximum absolute atomic E-state index is 6.01. The van der Waals surface area contributed by atoms with E-state index in [-0.39, 0.29) is 5.41 Å². The smallest absolute Gasteiger partial charge is 0.0887 e. The monoisotopic (exact) mass is 358 g/mol. The van der Waals surface area contributed by atoms with Gasteiger partial charge in [0, 0.05) is 4.88 Å². The van der Waals surface area contributed by atoms with Gasteiger partial charge in [-0.25, -0.2) is 0 Å². The van der Waals surface area contributed by atoms with Crippen molar-refractivity contribution in [3.8, 4) is 0 Å². The van der Waals surface area contributed by atoms with Gasteiger partial charge in [0.05, 0.1) is 13.6 Å². The molecule has 80 valence electrons. The lowest BCUT2D eigenvalue weighted by Gasteiger charge is -2.28. The Balaban J connectivity index is 2.94. The SMILES string of the molecule is CCC(C)(C)C(Br)c1cc(Cl)c(Br)s1. The number of hydrogen-bond donors (Lipinski definition) is 0. The van der Waals surface area contributed by atoms with Crippen LogP contribution in [-0.2, 0) is 0 Å². The zero-order valence-corrected chi connectivity index (χ0v) is 13.1. The summed E-state index contributed by atoms with van der Waals surface area (Å²) in [5.41, 5.74) is 0.258. The maximum atomic E-state index is 6.01. The molecule has 0 aliphatic carbocycles. The van der Waals surface area contributed by atoms with Gasteiger partial charge in [-0.3, -0.25) is 0 Å². The molecular formula is C10H13Br2ClS. The van der Waals surface area contributed by atoms with E-state index in [2.05, 4.69) is 52.6 Å². The van der Waals surface area contributed by atoms with E-state index in [1.54, 1.807) is 11.3 Å². The fourth-order valence-corrected chi connectivity index (χ4v) is 3.72. The predicted octanol–water partition coefficient (Wildman–Crippen LogP) is 6.04. The van der Waals surface area contributed by atoms with Gasteiger partial charge >= 0.3 is 0 Å². The molecule has 0 aromatic carbocycles. The van der Waals surface area contributed by atoms with E-state index in [0.29, 0.717) is 4.83 Å². The second kappa shape index (κ2) is 4.86. The van der Waals surface area contributed by atoms with Crippen LogP contribution >= 0.6 is 54.8 Å². The van der Waals surface area contributed by atoms with E-state index >= 15 is 0 Å². The summed E-state index contributed by atoms with van der Waals surface area (Å²) in [7, 11) is 0. The molecule has 0 saturated carbocycles. The Morgan fingerprint density at radius 2 is 2.14 bits per heavy atom. The van der Waals surface area contributed by atoms with Crippen LogP contribution in [-0.4, -0.2) is 0 Å². The third-order valence-corrected chi connectivity index (χ3v) is 7.09. The number of alkyl halides is 1. The van der Waals surface area contributed by atoms with Gasteiger partial charge in [-0.15, -0.1) is 11.3 Å². The average molecular weight is 361 g/mol. The summed E-state index contributed by atoms with van der Waals surface area (Å²) in [6.07, 6.45) is 1.13. The first kappa shape index (κ1) is 13.0. The van der Waals surface area contributed by atoms with Crippen LogP contribution in [0.1, 0.15) is 36.9 Å². The van der Waals surface area contributed by atoms with Gasteiger partial charge in [0.25, 0.3) is 0 Å². The van der Waals surface area contributed by atoms with Crippen LogP contribution in [0.4, 0.5) is 0 Å². The van der Waals surface area contributed by atoms with Crippen molar-refractivity contribution in [3.05, 3.63) is 19.8 Å². The second-order valence-corrected chi connectivity index (χ2v) is 7.70. The molecular weight excluding hydrogens is 347 g/mol. The average Bonchev–Trinajstić information content (AvgIpc) is 2.45. The van der Waals surface area contributed by atoms with Gasteiger partial charge in [-0.05, 0) is 33.8 Å². The number of halogens is 3. The number of thiophene rings is 1. The minimum atomic E-state index is 0.258. The molecule has 0 aliphatic rings. The highest BCUT2D eigenvalue weighted by atomic mass is 79.9. The maximum Gasteiger partial charge on any atom is 0.0887 e. The van der Waals surface area contributed by atoms with E-state index in [9.17, 15) is 0 Å². The summed E-state index contributed by atoms with van der Waals surface area (Å²) in [5, 5.41) is 0.807. The van der Waals surface area contributed by atoms with Gasteiger partial charge in [-0.1, -0.05) is 48.3 Å². The summed E-state index contributed by atoms with van der Waals surface area (Å²) in [6, 6.07) is 2.03. The molecule has 0 N–H and O–H groups in total. The summed E-state index contributed by atoms with van der Waals surface area (Å²) in [6.45, 7) is 6.72. The highest BCUT2D eigenvalue weighted by Crippen LogP contribution is 2.47. The summed E-state index contributed by atoms with van der Waals surface area (Å²) >= 11 is 14.9. The molecule has 14 heavy (non-hydrogen) atoms. The Morgan fingerprint density at radius 1 is 1.57 bits per heavy atom. The van der Waals surface area contributed by atoms with E-state index in [4.69, 9.17) is 11.6 Å². The first-order chi connectivity index (χ1) is 6.38. The highest BCUT2D eigenvalue weighted by Gasteiger charge is 2.28. The molecule has 1 unspecified atom stereocenters. The van der Waals surface area contributed by atoms with Crippen LogP contribution < -0.4 is 0 Å². The molecule has 0 spiro atoms. The van der Waals surface area contributed by atoms with Gasteiger partial charge in [-0.2, -0.15) is 0 Å². The van der Waals surface area contributed by atoms with Crippen molar-refractivity contribution in [1.82, 2.24) is 0 Å². The third-order valence-electron chi connectivity index (χ3n) is 2.51. The van der Waals surface area contributed by atoms with Crippen molar-refractivity contribution in [2.24, 2.45) is 5.41 Å². The largest absolute Gasteiger partial charge is 0.130 e. The molecule has 1 rings (SSSR count). The van der Waals surface area contributed by atoms with E-state index in [1.165, 1.54) is 4.88 Å². The van der Waals surface area contributed by atoms with Crippen molar-refractivity contribution >= 4 is 54.8 Å². The van der Waals surface area contributed by atoms with Crippen molar-refractivity contribution in [2.75, 3.05) is 0 Å². The molecule has 1 atom stereocenters. The van der Waals surface area contributed by atoms with Crippen molar-refractivity contribution in [3.63, 3.8) is 0 Å². The lowest BCUT2D eigenvalue weighted by molar-refractivity contribution is 0.348. The van der Waals surface area contributed by atoms with E-state index in [1.807, 2.05) is 6.07 Å². The molecule has 4 heteroatoms. The van der Waals surface area contributed by atoms with Crippen LogP contribution in [0.2, 0.25) is 5.02 Å². The zero-order valence-electron chi connectivity index (χ0n) is 8.40. The van der Waals surface area contributed by atoms with Gasteiger partial charge in [0.2, 0.25) is 0 Å². The van der Waals surface area contributed by atoms with Gasteiger partial charge < -0.3 is 0 Å². The molecule has 0 nitrogen and oxygen atoms in total.